The summed E-state index contributed by atoms with van der Waals surface area (Å²) < 4.78 is 0. The zero-order valence-electron chi connectivity index (χ0n) is 9.42. The average Bonchev–Trinajstić information content (AvgIpc) is 2.61. The topological polar surface area (TPSA) is 48.6 Å². The highest BCUT2D eigenvalue weighted by Gasteiger charge is 2.34. The molecule has 0 fully saturated rings. The van der Waals surface area contributed by atoms with Crippen molar-refractivity contribution in [2.75, 3.05) is 0 Å². The smallest absolute Gasteiger partial charge is 0.268 e. The van der Waals surface area contributed by atoms with E-state index in [1.54, 1.807) is 0 Å². The predicted molar refractivity (Wildman–Crippen MR) is 63.6 cm³/mol. The highest BCUT2D eigenvalue weighted by atomic mass is 16.1. The molecule has 0 atom stereocenters. The minimum absolute atomic E-state index is 0.00880. The first kappa shape index (κ1) is 9.46. The van der Waals surface area contributed by atoms with Gasteiger partial charge in [0.05, 0.1) is 11.3 Å². The summed E-state index contributed by atoms with van der Waals surface area (Å²) in [5.41, 5.74) is 4.19. The van der Waals surface area contributed by atoms with Crippen molar-refractivity contribution in [1.82, 2.24) is 10.2 Å². The number of aromatic nitrogens is 2. The Morgan fingerprint density at radius 3 is 2.75 bits per heavy atom. The molecule has 2 aromatic rings. The van der Waals surface area contributed by atoms with E-state index in [4.69, 9.17) is 0 Å². The number of benzene rings is 1. The fourth-order valence-corrected chi connectivity index (χ4v) is 2.69. The van der Waals surface area contributed by atoms with Crippen LogP contribution in [0.5, 0.6) is 0 Å². The maximum Gasteiger partial charge on any atom is 0.268 e. The van der Waals surface area contributed by atoms with Crippen LogP contribution in [0.1, 0.15) is 25.0 Å². The van der Waals surface area contributed by atoms with Gasteiger partial charge in [0.25, 0.3) is 5.56 Å². The Balaban J connectivity index is 2.39. The summed E-state index contributed by atoms with van der Waals surface area (Å²) in [5.74, 6) is 0. The quantitative estimate of drug-likeness (QED) is 0.694. The van der Waals surface area contributed by atoms with Gasteiger partial charge in [-0.3, -0.25) is 15.0 Å². The Morgan fingerprint density at radius 2 is 1.94 bits per heavy atom. The highest BCUT2D eigenvalue weighted by Crippen LogP contribution is 2.39. The van der Waals surface area contributed by atoms with Gasteiger partial charge in [-0.2, -0.15) is 0 Å². The van der Waals surface area contributed by atoms with Crippen LogP contribution in [0.15, 0.2) is 29.1 Å². The lowest BCUT2D eigenvalue weighted by atomic mass is 9.73. The summed E-state index contributed by atoms with van der Waals surface area (Å²) >= 11 is 0. The van der Waals surface area contributed by atoms with E-state index in [0.717, 1.165) is 23.2 Å². The molecule has 1 heterocycles. The first-order chi connectivity index (χ1) is 7.59. The maximum absolute atomic E-state index is 11.8. The molecular formula is C13H14N2O. The summed E-state index contributed by atoms with van der Waals surface area (Å²) in [4.78, 5) is 11.8. The Kier molecular flexibility index (Phi) is 1.70. The van der Waals surface area contributed by atoms with Crippen molar-refractivity contribution in [1.29, 1.82) is 0 Å². The van der Waals surface area contributed by atoms with E-state index in [-0.39, 0.29) is 11.0 Å². The Labute approximate surface area is 93.5 Å². The van der Waals surface area contributed by atoms with Crippen molar-refractivity contribution in [3.8, 4) is 11.3 Å². The fraction of sp³-hybridized carbons (Fsp3) is 0.308. The summed E-state index contributed by atoms with van der Waals surface area (Å²) in [6.07, 6.45) is 0.914. The predicted octanol–water partition coefficient (Wildman–Crippen LogP) is 2.20. The average molecular weight is 214 g/mol. The molecule has 0 aliphatic heterocycles. The maximum atomic E-state index is 11.8. The molecule has 2 N–H and O–H groups in total. The number of rotatable bonds is 0. The van der Waals surface area contributed by atoms with Gasteiger partial charge in [-0.15, -0.1) is 0 Å². The summed E-state index contributed by atoms with van der Waals surface area (Å²) in [7, 11) is 0. The van der Waals surface area contributed by atoms with Crippen LogP contribution in [0, 0.1) is 0 Å². The van der Waals surface area contributed by atoms with Crippen LogP contribution >= 0.6 is 0 Å². The molecule has 16 heavy (non-hydrogen) atoms. The molecule has 0 bridgehead atoms. The van der Waals surface area contributed by atoms with Crippen LogP contribution in [0.2, 0.25) is 0 Å². The SMILES string of the molecule is CC1(C)Cc2ccccc2-c2[nH][nH]c(=O)c21. The van der Waals surface area contributed by atoms with E-state index < -0.39 is 0 Å². The standard InChI is InChI=1S/C13H14N2O/c1-13(2)7-8-5-3-4-6-9(8)11-10(13)12(16)15-14-11/h3-6H,7H2,1-2H3,(H2,14,15,16). The molecule has 3 nitrogen and oxygen atoms in total. The van der Waals surface area contributed by atoms with Gasteiger partial charge in [-0.05, 0) is 12.0 Å². The molecule has 82 valence electrons. The third-order valence-corrected chi connectivity index (χ3v) is 3.37. The van der Waals surface area contributed by atoms with Gasteiger partial charge in [0, 0.05) is 11.0 Å². The second-order valence-electron chi connectivity index (χ2n) is 5.05. The first-order valence-corrected chi connectivity index (χ1v) is 5.49. The van der Waals surface area contributed by atoms with E-state index in [1.165, 1.54) is 5.56 Å². The molecule has 0 radical (unpaired) electrons. The second-order valence-corrected chi connectivity index (χ2v) is 5.05. The molecule has 0 amide bonds. The number of nitrogens with one attached hydrogen (secondary N) is 2. The molecule has 3 rings (SSSR count). The lowest BCUT2D eigenvalue weighted by Gasteiger charge is -2.30. The largest absolute Gasteiger partial charge is 0.297 e. The lowest BCUT2D eigenvalue weighted by molar-refractivity contribution is 0.514. The minimum atomic E-state index is -0.0999. The monoisotopic (exact) mass is 214 g/mol. The Hall–Kier alpha value is -1.77. The van der Waals surface area contributed by atoms with E-state index >= 15 is 0 Å². The zero-order valence-corrected chi connectivity index (χ0v) is 9.42. The van der Waals surface area contributed by atoms with E-state index in [2.05, 4.69) is 36.2 Å². The van der Waals surface area contributed by atoms with Crippen molar-refractivity contribution in [3.05, 3.63) is 45.7 Å². The molecule has 1 aromatic heterocycles. The molecule has 0 saturated carbocycles. The fourth-order valence-electron chi connectivity index (χ4n) is 2.69. The number of aromatic amines is 2. The molecule has 3 heteroatoms. The summed E-state index contributed by atoms with van der Waals surface area (Å²) in [6.45, 7) is 4.23. The van der Waals surface area contributed by atoms with Crippen LogP contribution in [0.25, 0.3) is 11.3 Å². The second kappa shape index (κ2) is 2.88. The number of hydrogen-bond donors (Lipinski definition) is 2. The number of H-pyrrole nitrogens is 2. The normalized spacial score (nSPS) is 16.6. The van der Waals surface area contributed by atoms with E-state index in [0.29, 0.717) is 0 Å². The van der Waals surface area contributed by atoms with E-state index in [1.807, 2.05) is 12.1 Å². The Morgan fingerprint density at radius 1 is 1.19 bits per heavy atom. The van der Waals surface area contributed by atoms with Gasteiger partial charge in [0.2, 0.25) is 0 Å². The number of fused-ring (bicyclic) bond motifs is 3. The zero-order chi connectivity index (χ0) is 11.3. The summed E-state index contributed by atoms with van der Waals surface area (Å²) in [6, 6.07) is 8.25. The molecule has 0 saturated heterocycles. The van der Waals surface area contributed by atoms with Crippen LogP contribution < -0.4 is 5.56 Å². The highest BCUT2D eigenvalue weighted by molar-refractivity contribution is 5.71. The third-order valence-electron chi connectivity index (χ3n) is 3.37. The van der Waals surface area contributed by atoms with Gasteiger partial charge in [-0.25, -0.2) is 0 Å². The van der Waals surface area contributed by atoms with Gasteiger partial charge in [0.1, 0.15) is 0 Å². The summed E-state index contributed by atoms with van der Waals surface area (Å²) in [5, 5.41) is 5.70. The van der Waals surface area contributed by atoms with Crippen molar-refractivity contribution in [2.45, 2.75) is 25.7 Å². The van der Waals surface area contributed by atoms with Crippen molar-refractivity contribution in [2.24, 2.45) is 0 Å². The molecule has 1 aliphatic rings. The van der Waals surface area contributed by atoms with Gasteiger partial charge < -0.3 is 0 Å². The van der Waals surface area contributed by atoms with Crippen molar-refractivity contribution < 1.29 is 0 Å². The van der Waals surface area contributed by atoms with Crippen LogP contribution in [0.4, 0.5) is 0 Å². The van der Waals surface area contributed by atoms with Gasteiger partial charge in [-0.1, -0.05) is 38.1 Å². The first-order valence-electron chi connectivity index (χ1n) is 5.49. The van der Waals surface area contributed by atoms with Crippen molar-refractivity contribution >= 4 is 0 Å². The lowest BCUT2D eigenvalue weighted by Crippen LogP contribution is -2.30. The van der Waals surface area contributed by atoms with Crippen LogP contribution in [0.3, 0.4) is 0 Å². The van der Waals surface area contributed by atoms with Crippen LogP contribution in [-0.4, -0.2) is 10.2 Å². The third kappa shape index (κ3) is 1.11. The number of hydrogen-bond acceptors (Lipinski definition) is 1. The molecule has 1 aromatic carbocycles. The molecule has 1 aliphatic carbocycles. The molecular weight excluding hydrogens is 200 g/mol. The molecule has 0 spiro atoms. The van der Waals surface area contributed by atoms with Gasteiger partial charge >= 0.3 is 0 Å². The van der Waals surface area contributed by atoms with Crippen molar-refractivity contribution in [3.63, 3.8) is 0 Å². The van der Waals surface area contributed by atoms with E-state index in [9.17, 15) is 4.79 Å². The molecule has 0 unspecified atom stereocenters. The van der Waals surface area contributed by atoms with Gasteiger partial charge in [0.15, 0.2) is 0 Å². The van der Waals surface area contributed by atoms with Crippen LogP contribution in [-0.2, 0) is 11.8 Å². The minimum Gasteiger partial charge on any atom is -0.297 e. The Bertz CT molecular complexity index is 604.